The number of benzene rings is 1. The third kappa shape index (κ3) is 2.76. The van der Waals surface area contributed by atoms with Crippen molar-refractivity contribution < 1.29 is 14.3 Å². The third-order valence-electron chi connectivity index (χ3n) is 2.63. The fraction of sp³-hybridized carbons (Fsp3) is 0.385. The van der Waals surface area contributed by atoms with Crippen molar-refractivity contribution in [3.63, 3.8) is 0 Å². The Morgan fingerprint density at radius 1 is 1.35 bits per heavy atom. The number of rotatable bonds is 4. The molecule has 0 heterocycles. The predicted molar refractivity (Wildman–Crippen MR) is 62.8 cm³/mol. The standard InChI is InChI=1S/C13H15NO3/c1-4-10-11(7-13(15)17-3)9(8-14)5-6-12(10)16-2/h5-6H,4,7H2,1-3H3. The zero-order chi connectivity index (χ0) is 12.8. The number of esters is 1. The highest BCUT2D eigenvalue weighted by molar-refractivity contribution is 5.74. The second kappa shape index (κ2) is 5.90. The molecule has 0 unspecified atom stereocenters. The molecule has 17 heavy (non-hydrogen) atoms. The first-order valence-corrected chi connectivity index (χ1v) is 5.33. The molecule has 1 aromatic carbocycles. The van der Waals surface area contributed by atoms with Crippen molar-refractivity contribution in [2.75, 3.05) is 14.2 Å². The van der Waals surface area contributed by atoms with E-state index in [0.29, 0.717) is 23.3 Å². The Balaban J connectivity index is 3.31. The lowest BCUT2D eigenvalue weighted by Gasteiger charge is -2.13. The zero-order valence-electron chi connectivity index (χ0n) is 10.2. The van der Waals surface area contributed by atoms with Crippen molar-refractivity contribution in [1.29, 1.82) is 5.26 Å². The van der Waals surface area contributed by atoms with Crippen LogP contribution in [0.1, 0.15) is 23.6 Å². The first-order chi connectivity index (χ1) is 8.17. The summed E-state index contributed by atoms with van der Waals surface area (Å²) in [6, 6.07) is 5.50. The van der Waals surface area contributed by atoms with Crippen LogP contribution in [0.25, 0.3) is 0 Å². The summed E-state index contributed by atoms with van der Waals surface area (Å²) in [7, 11) is 2.91. The van der Waals surface area contributed by atoms with Gasteiger partial charge in [0.1, 0.15) is 5.75 Å². The maximum Gasteiger partial charge on any atom is 0.310 e. The van der Waals surface area contributed by atoms with Crippen LogP contribution in [0.5, 0.6) is 5.75 Å². The van der Waals surface area contributed by atoms with E-state index >= 15 is 0 Å². The number of ether oxygens (including phenoxy) is 2. The van der Waals surface area contributed by atoms with Gasteiger partial charge in [-0.25, -0.2) is 0 Å². The fourth-order valence-electron chi connectivity index (χ4n) is 1.77. The van der Waals surface area contributed by atoms with Crippen molar-refractivity contribution in [3.05, 3.63) is 28.8 Å². The van der Waals surface area contributed by atoms with Crippen molar-refractivity contribution >= 4 is 5.97 Å². The second-order valence-corrected chi connectivity index (χ2v) is 3.49. The summed E-state index contributed by atoms with van der Waals surface area (Å²) >= 11 is 0. The van der Waals surface area contributed by atoms with E-state index < -0.39 is 0 Å². The summed E-state index contributed by atoms with van der Waals surface area (Å²) in [5.41, 5.74) is 2.08. The minimum absolute atomic E-state index is 0.0970. The van der Waals surface area contributed by atoms with E-state index in [2.05, 4.69) is 10.8 Å². The van der Waals surface area contributed by atoms with E-state index in [4.69, 9.17) is 10.00 Å². The molecule has 0 aromatic heterocycles. The van der Waals surface area contributed by atoms with Crippen LogP contribution >= 0.6 is 0 Å². The average molecular weight is 233 g/mol. The molecule has 4 nitrogen and oxygen atoms in total. The smallest absolute Gasteiger partial charge is 0.310 e. The predicted octanol–water partition coefficient (Wildman–Crippen LogP) is 1.84. The zero-order valence-corrected chi connectivity index (χ0v) is 10.2. The van der Waals surface area contributed by atoms with Crippen LogP contribution in [0.3, 0.4) is 0 Å². The van der Waals surface area contributed by atoms with E-state index in [1.54, 1.807) is 19.2 Å². The van der Waals surface area contributed by atoms with Crippen molar-refractivity contribution in [2.45, 2.75) is 19.8 Å². The molecule has 0 saturated heterocycles. The van der Waals surface area contributed by atoms with Gasteiger partial charge in [0, 0.05) is 0 Å². The SMILES string of the molecule is CCc1c(OC)ccc(C#N)c1CC(=O)OC. The normalized spacial score (nSPS) is 9.53. The van der Waals surface area contributed by atoms with Gasteiger partial charge in [0.15, 0.2) is 0 Å². The lowest BCUT2D eigenvalue weighted by atomic mass is 9.96. The number of methoxy groups -OCH3 is 2. The average Bonchev–Trinajstić information content (AvgIpc) is 2.37. The molecule has 0 spiro atoms. The van der Waals surface area contributed by atoms with E-state index in [0.717, 1.165) is 5.56 Å². The maximum atomic E-state index is 11.3. The molecule has 0 N–H and O–H groups in total. The van der Waals surface area contributed by atoms with E-state index in [9.17, 15) is 4.79 Å². The molecule has 0 radical (unpaired) electrons. The lowest BCUT2D eigenvalue weighted by molar-refractivity contribution is -0.139. The Kier molecular flexibility index (Phi) is 4.53. The molecule has 1 aromatic rings. The molecule has 0 amide bonds. The van der Waals surface area contributed by atoms with Gasteiger partial charge >= 0.3 is 5.97 Å². The molecule has 0 aliphatic carbocycles. The van der Waals surface area contributed by atoms with Gasteiger partial charge in [-0.1, -0.05) is 6.92 Å². The van der Waals surface area contributed by atoms with Gasteiger partial charge in [-0.05, 0) is 29.7 Å². The van der Waals surface area contributed by atoms with Gasteiger partial charge in [0.05, 0.1) is 32.3 Å². The highest BCUT2D eigenvalue weighted by Gasteiger charge is 2.15. The molecule has 0 bridgehead atoms. The lowest BCUT2D eigenvalue weighted by Crippen LogP contribution is -2.09. The Bertz CT molecular complexity index is 460. The minimum atomic E-state index is -0.357. The van der Waals surface area contributed by atoms with Gasteiger partial charge < -0.3 is 9.47 Å². The molecule has 1 rings (SSSR count). The molecule has 0 aliphatic heterocycles. The molecular weight excluding hydrogens is 218 g/mol. The number of hydrogen-bond acceptors (Lipinski definition) is 4. The monoisotopic (exact) mass is 233 g/mol. The first kappa shape index (κ1) is 13.0. The summed E-state index contributed by atoms with van der Waals surface area (Å²) in [5, 5.41) is 9.04. The van der Waals surface area contributed by atoms with E-state index in [-0.39, 0.29) is 12.4 Å². The molecular formula is C13H15NO3. The Morgan fingerprint density at radius 2 is 2.06 bits per heavy atom. The fourth-order valence-corrected chi connectivity index (χ4v) is 1.77. The summed E-state index contributed by atoms with van der Waals surface area (Å²) in [5.74, 6) is 0.342. The largest absolute Gasteiger partial charge is 0.496 e. The van der Waals surface area contributed by atoms with E-state index in [1.165, 1.54) is 7.11 Å². The number of hydrogen-bond donors (Lipinski definition) is 0. The Morgan fingerprint density at radius 3 is 2.53 bits per heavy atom. The number of nitriles is 1. The molecule has 0 atom stereocenters. The second-order valence-electron chi connectivity index (χ2n) is 3.49. The van der Waals surface area contributed by atoms with Gasteiger partial charge in [0.2, 0.25) is 0 Å². The molecule has 0 saturated carbocycles. The van der Waals surface area contributed by atoms with Crippen molar-refractivity contribution in [1.82, 2.24) is 0 Å². The van der Waals surface area contributed by atoms with Crippen LogP contribution in [0.4, 0.5) is 0 Å². The minimum Gasteiger partial charge on any atom is -0.496 e. The summed E-state index contributed by atoms with van der Waals surface area (Å²) < 4.78 is 9.87. The highest BCUT2D eigenvalue weighted by atomic mass is 16.5. The number of carbonyl (C=O) groups is 1. The molecule has 0 aliphatic rings. The summed E-state index contributed by atoms with van der Waals surface area (Å²) in [6.07, 6.45) is 0.796. The quantitative estimate of drug-likeness (QED) is 0.744. The van der Waals surface area contributed by atoms with Gasteiger partial charge in [-0.2, -0.15) is 5.26 Å². The van der Waals surface area contributed by atoms with Gasteiger partial charge in [-0.3, -0.25) is 4.79 Å². The Labute approximate surface area is 101 Å². The van der Waals surface area contributed by atoms with Crippen LogP contribution in [-0.2, 0) is 22.4 Å². The first-order valence-electron chi connectivity index (χ1n) is 5.33. The maximum absolute atomic E-state index is 11.3. The van der Waals surface area contributed by atoms with Crippen molar-refractivity contribution in [2.24, 2.45) is 0 Å². The van der Waals surface area contributed by atoms with Crippen LogP contribution in [0.15, 0.2) is 12.1 Å². The molecule has 4 heteroatoms. The van der Waals surface area contributed by atoms with Gasteiger partial charge in [-0.15, -0.1) is 0 Å². The molecule has 90 valence electrons. The van der Waals surface area contributed by atoms with Crippen LogP contribution in [-0.4, -0.2) is 20.2 Å². The summed E-state index contributed by atoms with van der Waals surface area (Å²) in [4.78, 5) is 11.3. The van der Waals surface area contributed by atoms with Gasteiger partial charge in [0.25, 0.3) is 0 Å². The highest BCUT2D eigenvalue weighted by Crippen LogP contribution is 2.26. The number of nitrogens with zero attached hydrogens (tertiary/aromatic N) is 1. The topological polar surface area (TPSA) is 59.3 Å². The van der Waals surface area contributed by atoms with Crippen LogP contribution in [0, 0.1) is 11.3 Å². The van der Waals surface area contributed by atoms with Crippen LogP contribution < -0.4 is 4.74 Å². The molecule has 0 fully saturated rings. The van der Waals surface area contributed by atoms with E-state index in [1.807, 2.05) is 6.92 Å². The third-order valence-corrected chi connectivity index (χ3v) is 2.63. The number of carbonyl (C=O) groups excluding carboxylic acids is 1. The summed E-state index contributed by atoms with van der Waals surface area (Å²) in [6.45, 7) is 1.96. The Hall–Kier alpha value is -2.02. The van der Waals surface area contributed by atoms with Crippen molar-refractivity contribution in [3.8, 4) is 11.8 Å². The van der Waals surface area contributed by atoms with Crippen LogP contribution in [0.2, 0.25) is 0 Å².